The summed E-state index contributed by atoms with van der Waals surface area (Å²) >= 11 is 0. The second-order valence-corrected chi connectivity index (χ2v) is 7.63. The van der Waals surface area contributed by atoms with Crippen LogP contribution in [0.25, 0.3) is 0 Å². The van der Waals surface area contributed by atoms with Crippen molar-refractivity contribution in [2.24, 2.45) is 5.92 Å². The van der Waals surface area contributed by atoms with Gasteiger partial charge in [0.1, 0.15) is 0 Å². The van der Waals surface area contributed by atoms with E-state index in [1.54, 1.807) is 12.1 Å². The van der Waals surface area contributed by atoms with Crippen LogP contribution in [0.15, 0.2) is 23.1 Å². The minimum Gasteiger partial charge on any atom is -0.316 e. The van der Waals surface area contributed by atoms with Gasteiger partial charge in [-0.2, -0.15) is 0 Å². The molecule has 0 saturated carbocycles. The maximum atomic E-state index is 12.2. The predicted molar refractivity (Wildman–Crippen MR) is 80.3 cm³/mol. The third-order valence-electron chi connectivity index (χ3n) is 3.16. The topological polar surface area (TPSA) is 46.2 Å². The standard InChI is InChI=1S/C15H25NO2S/c1-12(2)11-16-8-5-9-19(17,18)15-7-6-13(3)14(4)10-15/h6-7,10,12,16H,5,8-9,11H2,1-4H3. The minimum absolute atomic E-state index is 0.209. The highest BCUT2D eigenvalue weighted by molar-refractivity contribution is 7.91. The number of aryl methyl sites for hydroxylation is 2. The van der Waals surface area contributed by atoms with Crippen LogP contribution in [0.3, 0.4) is 0 Å². The SMILES string of the molecule is Cc1ccc(S(=O)(=O)CCCNCC(C)C)cc1C. The fourth-order valence-electron chi connectivity index (χ4n) is 1.80. The van der Waals surface area contributed by atoms with E-state index in [4.69, 9.17) is 0 Å². The summed E-state index contributed by atoms with van der Waals surface area (Å²) in [5.74, 6) is 0.803. The van der Waals surface area contributed by atoms with Gasteiger partial charge in [0.05, 0.1) is 10.6 Å². The van der Waals surface area contributed by atoms with Gasteiger partial charge in [-0.05, 0) is 62.5 Å². The fourth-order valence-corrected chi connectivity index (χ4v) is 3.19. The van der Waals surface area contributed by atoms with Gasteiger partial charge in [0.15, 0.2) is 9.84 Å². The third kappa shape index (κ3) is 5.33. The van der Waals surface area contributed by atoms with Gasteiger partial charge in [0.25, 0.3) is 0 Å². The monoisotopic (exact) mass is 283 g/mol. The second-order valence-electron chi connectivity index (χ2n) is 5.52. The highest BCUT2D eigenvalue weighted by Gasteiger charge is 2.14. The van der Waals surface area contributed by atoms with E-state index in [-0.39, 0.29) is 5.75 Å². The van der Waals surface area contributed by atoms with Gasteiger partial charge >= 0.3 is 0 Å². The number of nitrogens with one attached hydrogen (secondary N) is 1. The first-order chi connectivity index (χ1) is 8.83. The van der Waals surface area contributed by atoms with Crippen LogP contribution in [0.5, 0.6) is 0 Å². The molecule has 1 aromatic rings. The van der Waals surface area contributed by atoms with Gasteiger partial charge < -0.3 is 5.32 Å². The summed E-state index contributed by atoms with van der Waals surface area (Å²) in [5, 5.41) is 3.26. The molecular formula is C15H25NO2S. The summed E-state index contributed by atoms with van der Waals surface area (Å²) in [6.45, 7) is 9.89. The molecule has 0 aliphatic rings. The largest absolute Gasteiger partial charge is 0.316 e. The fraction of sp³-hybridized carbons (Fsp3) is 0.600. The zero-order valence-electron chi connectivity index (χ0n) is 12.4. The summed E-state index contributed by atoms with van der Waals surface area (Å²) in [6, 6.07) is 5.35. The van der Waals surface area contributed by atoms with Crippen LogP contribution in [0, 0.1) is 19.8 Å². The van der Waals surface area contributed by atoms with Crippen LogP contribution >= 0.6 is 0 Å². The molecule has 0 atom stereocenters. The molecule has 0 bridgehead atoms. The van der Waals surface area contributed by atoms with E-state index < -0.39 is 9.84 Å². The van der Waals surface area contributed by atoms with E-state index in [1.165, 1.54) is 0 Å². The zero-order chi connectivity index (χ0) is 14.5. The Hall–Kier alpha value is -0.870. The average molecular weight is 283 g/mol. The Morgan fingerprint density at radius 1 is 1.16 bits per heavy atom. The second kappa shape index (κ2) is 7.06. The number of hydrogen-bond donors (Lipinski definition) is 1. The lowest BCUT2D eigenvalue weighted by molar-refractivity contribution is 0.546. The van der Waals surface area contributed by atoms with Gasteiger partial charge in [-0.15, -0.1) is 0 Å². The lowest BCUT2D eigenvalue weighted by Crippen LogP contribution is -2.22. The molecule has 3 nitrogen and oxygen atoms in total. The van der Waals surface area contributed by atoms with Crippen molar-refractivity contribution < 1.29 is 8.42 Å². The van der Waals surface area contributed by atoms with Crippen LogP contribution in [0.1, 0.15) is 31.4 Å². The van der Waals surface area contributed by atoms with Crippen molar-refractivity contribution in [3.05, 3.63) is 29.3 Å². The maximum absolute atomic E-state index is 12.2. The summed E-state index contributed by atoms with van der Waals surface area (Å²) in [7, 11) is -3.14. The molecule has 19 heavy (non-hydrogen) atoms. The summed E-state index contributed by atoms with van der Waals surface area (Å²) < 4.78 is 24.3. The average Bonchev–Trinajstić information content (AvgIpc) is 2.31. The molecule has 0 aliphatic heterocycles. The smallest absolute Gasteiger partial charge is 0.178 e. The first-order valence-corrected chi connectivity index (χ1v) is 8.49. The molecule has 0 amide bonds. The summed E-state index contributed by atoms with van der Waals surface area (Å²) in [6.07, 6.45) is 0.655. The lowest BCUT2D eigenvalue weighted by Gasteiger charge is -2.09. The molecule has 0 aliphatic carbocycles. The zero-order valence-corrected chi connectivity index (χ0v) is 13.2. The van der Waals surface area contributed by atoms with Crippen LogP contribution in [-0.4, -0.2) is 27.3 Å². The normalized spacial score (nSPS) is 12.1. The van der Waals surface area contributed by atoms with Crippen molar-refractivity contribution in [1.82, 2.24) is 5.32 Å². The highest BCUT2D eigenvalue weighted by atomic mass is 32.2. The molecular weight excluding hydrogens is 258 g/mol. The Kier molecular flexibility index (Phi) is 6.01. The maximum Gasteiger partial charge on any atom is 0.178 e. The number of hydrogen-bond acceptors (Lipinski definition) is 3. The molecule has 4 heteroatoms. The van der Waals surface area contributed by atoms with Crippen molar-refractivity contribution in [2.75, 3.05) is 18.8 Å². The molecule has 1 rings (SSSR count). The van der Waals surface area contributed by atoms with Crippen molar-refractivity contribution in [3.8, 4) is 0 Å². The van der Waals surface area contributed by atoms with E-state index in [0.717, 1.165) is 24.2 Å². The predicted octanol–water partition coefficient (Wildman–Crippen LogP) is 2.71. The number of sulfone groups is 1. The molecule has 0 unspecified atom stereocenters. The quantitative estimate of drug-likeness (QED) is 0.783. The molecule has 1 N–H and O–H groups in total. The van der Waals surface area contributed by atoms with Crippen molar-refractivity contribution in [2.45, 2.75) is 39.0 Å². The third-order valence-corrected chi connectivity index (χ3v) is 4.95. The van der Waals surface area contributed by atoms with E-state index >= 15 is 0 Å². The number of benzene rings is 1. The van der Waals surface area contributed by atoms with E-state index in [9.17, 15) is 8.42 Å². The lowest BCUT2D eigenvalue weighted by atomic mass is 10.1. The van der Waals surface area contributed by atoms with Crippen LogP contribution in [0.2, 0.25) is 0 Å². The Bertz CT molecular complexity index is 507. The molecule has 0 fully saturated rings. The van der Waals surface area contributed by atoms with Crippen LogP contribution in [0.4, 0.5) is 0 Å². The summed E-state index contributed by atoms with van der Waals surface area (Å²) in [4.78, 5) is 0.444. The van der Waals surface area contributed by atoms with Gasteiger partial charge in [0.2, 0.25) is 0 Å². The van der Waals surface area contributed by atoms with E-state index in [2.05, 4.69) is 19.2 Å². The Morgan fingerprint density at radius 3 is 2.42 bits per heavy atom. The van der Waals surface area contributed by atoms with E-state index in [0.29, 0.717) is 17.2 Å². The van der Waals surface area contributed by atoms with Crippen LogP contribution < -0.4 is 5.32 Å². The Labute approximate surface area is 117 Å². The molecule has 0 heterocycles. The Morgan fingerprint density at radius 2 is 1.84 bits per heavy atom. The van der Waals surface area contributed by atoms with Gasteiger partial charge in [-0.3, -0.25) is 0 Å². The molecule has 0 radical (unpaired) electrons. The van der Waals surface area contributed by atoms with Crippen molar-refractivity contribution in [3.63, 3.8) is 0 Å². The van der Waals surface area contributed by atoms with E-state index in [1.807, 2.05) is 19.9 Å². The number of rotatable bonds is 7. The van der Waals surface area contributed by atoms with Crippen LogP contribution in [-0.2, 0) is 9.84 Å². The van der Waals surface area contributed by atoms with Gasteiger partial charge in [-0.1, -0.05) is 19.9 Å². The van der Waals surface area contributed by atoms with Crippen molar-refractivity contribution >= 4 is 9.84 Å². The summed E-state index contributed by atoms with van der Waals surface area (Å²) in [5.41, 5.74) is 2.15. The molecule has 0 spiro atoms. The Balaban J connectivity index is 2.54. The highest BCUT2D eigenvalue weighted by Crippen LogP contribution is 2.16. The molecule has 0 aromatic heterocycles. The van der Waals surface area contributed by atoms with Gasteiger partial charge in [0, 0.05) is 0 Å². The first kappa shape index (κ1) is 16.2. The first-order valence-electron chi connectivity index (χ1n) is 6.83. The molecule has 0 saturated heterocycles. The van der Waals surface area contributed by atoms with Gasteiger partial charge in [-0.25, -0.2) is 8.42 Å². The minimum atomic E-state index is -3.14. The van der Waals surface area contributed by atoms with Crippen molar-refractivity contribution in [1.29, 1.82) is 0 Å². The molecule has 1 aromatic carbocycles. The molecule has 108 valence electrons.